The zero-order valence-electron chi connectivity index (χ0n) is 17.9. The highest BCUT2D eigenvalue weighted by Gasteiger charge is 2.16. The second-order valence-corrected chi connectivity index (χ2v) is 9.30. The van der Waals surface area contributed by atoms with Crippen LogP contribution in [-0.4, -0.2) is 27.5 Å². The van der Waals surface area contributed by atoms with Gasteiger partial charge in [-0.2, -0.15) is 0 Å². The number of ether oxygens (including phenoxy) is 1. The van der Waals surface area contributed by atoms with Gasteiger partial charge in [-0.3, -0.25) is 9.52 Å². The van der Waals surface area contributed by atoms with Crippen LogP contribution in [0.3, 0.4) is 0 Å². The third-order valence-electron chi connectivity index (χ3n) is 4.79. The van der Waals surface area contributed by atoms with Crippen molar-refractivity contribution in [1.82, 2.24) is 5.32 Å². The molecule has 3 aromatic rings. The number of anilines is 1. The van der Waals surface area contributed by atoms with Crippen LogP contribution in [0, 0.1) is 6.92 Å². The molecule has 32 heavy (non-hydrogen) atoms. The standard InChI is InChI=1S/C24H25ClN2O4S/c1-3-18-6-9-20(10-7-18)31-15-14-26-24(28)22-13-8-19(16-23(22)25)27-32(29,30)21-11-4-17(2)5-12-21/h4-13,16,27H,3,14-15H2,1-2H3,(H,26,28). The number of halogens is 1. The largest absolute Gasteiger partial charge is 0.492 e. The Balaban J connectivity index is 1.55. The molecule has 0 aliphatic carbocycles. The number of amides is 1. The van der Waals surface area contributed by atoms with Crippen molar-refractivity contribution in [3.63, 3.8) is 0 Å². The number of benzene rings is 3. The molecule has 1 amide bonds. The van der Waals surface area contributed by atoms with E-state index in [1.807, 2.05) is 31.2 Å². The summed E-state index contributed by atoms with van der Waals surface area (Å²) in [6.45, 7) is 4.57. The van der Waals surface area contributed by atoms with Gasteiger partial charge < -0.3 is 10.1 Å². The monoisotopic (exact) mass is 472 g/mol. The van der Waals surface area contributed by atoms with Crippen LogP contribution in [-0.2, 0) is 16.4 Å². The third kappa shape index (κ3) is 6.24. The van der Waals surface area contributed by atoms with Gasteiger partial charge in [-0.1, -0.05) is 48.4 Å². The lowest BCUT2D eigenvalue weighted by atomic mass is 10.2. The summed E-state index contributed by atoms with van der Waals surface area (Å²) in [6, 6.07) is 18.7. The van der Waals surface area contributed by atoms with E-state index >= 15 is 0 Å². The Bertz CT molecular complexity index is 1180. The first kappa shape index (κ1) is 23.6. The molecule has 0 radical (unpaired) electrons. The molecule has 0 bridgehead atoms. The van der Waals surface area contributed by atoms with E-state index in [4.69, 9.17) is 16.3 Å². The maximum Gasteiger partial charge on any atom is 0.261 e. The molecule has 0 aromatic heterocycles. The van der Waals surface area contributed by atoms with E-state index < -0.39 is 10.0 Å². The van der Waals surface area contributed by atoms with Crippen molar-refractivity contribution in [2.75, 3.05) is 17.9 Å². The lowest BCUT2D eigenvalue weighted by molar-refractivity contribution is 0.0947. The molecule has 168 valence electrons. The molecule has 3 aromatic carbocycles. The van der Waals surface area contributed by atoms with E-state index in [1.165, 1.54) is 35.9 Å². The fourth-order valence-electron chi connectivity index (χ4n) is 2.94. The number of carbonyl (C=O) groups excluding carboxylic acids is 1. The number of aryl methyl sites for hydroxylation is 2. The first-order chi connectivity index (χ1) is 15.3. The number of hydrogen-bond acceptors (Lipinski definition) is 4. The minimum atomic E-state index is -3.75. The van der Waals surface area contributed by atoms with Gasteiger partial charge >= 0.3 is 0 Å². The fraction of sp³-hybridized carbons (Fsp3) is 0.208. The first-order valence-corrected chi connectivity index (χ1v) is 12.0. The van der Waals surface area contributed by atoms with Crippen molar-refractivity contribution in [2.24, 2.45) is 0 Å². The second kappa shape index (κ2) is 10.5. The van der Waals surface area contributed by atoms with E-state index in [0.29, 0.717) is 13.2 Å². The van der Waals surface area contributed by atoms with E-state index in [2.05, 4.69) is 17.0 Å². The highest BCUT2D eigenvalue weighted by Crippen LogP contribution is 2.23. The molecular weight excluding hydrogens is 448 g/mol. The van der Waals surface area contributed by atoms with Crippen LogP contribution < -0.4 is 14.8 Å². The van der Waals surface area contributed by atoms with E-state index in [0.717, 1.165) is 17.7 Å². The molecule has 2 N–H and O–H groups in total. The van der Waals surface area contributed by atoms with E-state index in [1.54, 1.807) is 12.1 Å². The Kier molecular flexibility index (Phi) is 7.77. The summed E-state index contributed by atoms with van der Waals surface area (Å²) in [5.74, 6) is 0.368. The maximum atomic E-state index is 12.5. The molecule has 8 heteroatoms. The fourth-order valence-corrected chi connectivity index (χ4v) is 4.26. The zero-order chi connectivity index (χ0) is 23.1. The molecule has 0 heterocycles. The lowest BCUT2D eigenvalue weighted by Gasteiger charge is -2.11. The van der Waals surface area contributed by atoms with Gasteiger partial charge in [0.1, 0.15) is 12.4 Å². The molecule has 0 atom stereocenters. The lowest BCUT2D eigenvalue weighted by Crippen LogP contribution is -2.28. The van der Waals surface area contributed by atoms with Gasteiger partial charge in [0.25, 0.3) is 15.9 Å². The van der Waals surface area contributed by atoms with Crippen molar-refractivity contribution in [2.45, 2.75) is 25.2 Å². The van der Waals surface area contributed by atoms with Crippen molar-refractivity contribution in [3.8, 4) is 5.75 Å². The summed E-state index contributed by atoms with van der Waals surface area (Å²) >= 11 is 6.23. The Morgan fingerprint density at radius 3 is 2.31 bits per heavy atom. The van der Waals surface area contributed by atoms with Crippen molar-refractivity contribution >= 4 is 33.2 Å². The second-order valence-electron chi connectivity index (χ2n) is 7.22. The number of sulfonamides is 1. The molecule has 0 saturated carbocycles. The smallest absolute Gasteiger partial charge is 0.261 e. The van der Waals surface area contributed by atoms with Crippen molar-refractivity contribution in [3.05, 3.63) is 88.4 Å². The summed E-state index contributed by atoms with van der Waals surface area (Å²) in [5.41, 5.74) is 2.70. The molecule has 0 aliphatic rings. The van der Waals surface area contributed by atoms with Crippen LogP contribution in [0.25, 0.3) is 0 Å². The average Bonchev–Trinajstić information content (AvgIpc) is 2.77. The SMILES string of the molecule is CCc1ccc(OCCNC(=O)c2ccc(NS(=O)(=O)c3ccc(C)cc3)cc2Cl)cc1. The molecule has 6 nitrogen and oxygen atoms in total. The summed E-state index contributed by atoms with van der Waals surface area (Å²) in [6.07, 6.45) is 0.962. The van der Waals surface area contributed by atoms with Gasteiger partial charge in [0, 0.05) is 0 Å². The van der Waals surface area contributed by atoms with Crippen LogP contribution in [0.4, 0.5) is 5.69 Å². The van der Waals surface area contributed by atoms with Crippen LogP contribution in [0.1, 0.15) is 28.4 Å². The molecule has 0 spiro atoms. The van der Waals surface area contributed by atoms with Crippen LogP contribution in [0.5, 0.6) is 5.75 Å². The Hall–Kier alpha value is -3.03. The van der Waals surface area contributed by atoms with Crippen LogP contribution in [0.2, 0.25) is 5.02 Å². The predicted octanol–water partition coefficient (Wildman–Crippen LogP) is 4.82. The Morgan fingerprint density at radius 2 is 1.69 bits per heavy atom. The Labute approximate surface area is 193 Å². The van der Waals surface area contributed by atoms with Gasteiger partial charge in [0.15, 0.2) is 0 Å². The predicted molar refractivity (Wildman–Crippen MR) is 127 cm³/mol. The molecular formula is C24H25ClN2O4S. The van der Waals surface area contributed by atoms with Gasteiger partial charge in [-0.05, 0) is 61.4 Å². The van der Waals surface area contributed by atoms with E-state index in [9.17, 15) is 13.2 Å². The van der Waals surface area contributed by atoms with Gasteiger partial charge in [-0.15, -0.1) is 0 Å². The summed E-state index contributed by atoms with van der Waals surface area (Å²) in [4.78, 5) is 12.6. The highest BCUT2D eigenvalue weighted by atomic mass is 35.5. The first-order valence-electron chi connectivity index (χ1n) is 10.2. The minimum Gasteiger partial charge on any atom is -0.492 e. The van der Waals surface area contributed by atoms with Gasteiger partial charge in [0.05, 0.1) is 27.7 Å². The topological polar surface area (TPSA) is 84.5 Å². The number of carbonyl (C=O) groups is 1. The van der Waals surface area contributed by atoms with Crippen molar-refractivity contribution < 1.29 is 17.9 Å². The summed E-state index contributed by atoms with van der Waals surface area (Å²) in [7, 11) is -3.75. The maximum absolute atomic E-state index is 12.5. The molecule has 3 rings (SSSR count). The van der Waals surface area contributed by atoms with E-state index in [-0.39, 0.29) is 27.1 Å². The number of rotatable bonds is 9. The molecule has 0 fully saturated rings. The third-order valence-corrected chi connectivity index (χ3v) is 6.50. The molecule has 0 aliphatic heterocycles. The van der Waals surface area contributed by atoms with Crippen molar-refractivity contribution in [1.29, 1.82) is 0 Å². The van der Waals surface area contributed by atoms with Gasteiger partial charge in [0.2, 0.25) is 0 Å². The number of hydrogen-bond donors (Lipinski definition) is 2. The summed E-state index contributed by atoms with van der Waals surface area (Å²) < 4.78 is 33.1. The van der Waals surface area contributed by atoms with Crippen LogP contribution in [0.15, 0.2) is 71.6 Å². The number of nitrogens with one attached hydrogen (secondary N) is 2. The molecule has 0 saturated heterocycles. The molecule has 0 unspecified atom stereocenters. The normalized spacial score (nSPS) is 11.1. The average molecular weight is 473 g/mol. The minimum absolute atomic E-state index is 0.141. The van der Waals surface area contributed by atoms with Gasteiger partial charge in [-0.25, -0.2) is 8.42 Å². The summed E-state index contributed by atoms with van der Waals surface area (Å²) in [5, 5.41) is 2.89. The zero-order valence-corrected chi connectivity index (χ0v) is 19.5. The van der Waals surface area contributed by atoms with Crippen LogP contribution >= 0.6 is 11.6 Å². The Morgan fingerprint density at radius 1 is 1.00 bits per heavy atom. The highest BCUT2D eigenvalue weighted by molar-refractivity contribution is 7.92. The quantitative estimate of drug-likeness (QED) is 0.437.